The van der Waals surface area contributed by atoms with Gasteiger partial charge in [-0.3, -0.25) is 19.1 Å². The van der Waals surface area contributed by atoms with E-state index in [0.717, 1.165) is 31.9 Å². The Bertz CT molecular complexity index is 1080. The molecule has 0 atom stereocenters. The zero-order valence-corrected chi connectivity index (χ0v) is 16.7. The molecule has 0 bridgehead atoms. The van der Waals surface area contributed by atoms with Crippen molar-refractivity contribution >= 4 is 16.8 Å². The van der Waals surface area contributed by atoms with Crippen molar-refractivity contribution in [2.24, 2.45) is 0 Å². The molecule has 0 saturated heterocycles. The van der Waals surface area contributed by atoms with Crippen LogP contribution in [0.5, 0.6) is 0 Å². The Balaban J connectivity index is 1.59. The van der Waals surface area contributed by atoms with Crippen LogP contribution in [0.4, 0.5) is 0 Å². The molecule has 0 saturated carbocycles. The molecule has 0 fully saturated rings. The highest BCUT2D eigenvalue weighted by atomic mass is 16.1. The molecule has 2 aromatic carbocycles. The summed E-state index contributed by atoms with van der Waals surface area (Å²) < 4.78 is 1.80. The van der Waals surface area contributed by atoms with Crippen LogP contribution >= 0.6 is 0 Å². The molecule has 29 heavy (non-hydrogen) atoms. The summed E-state index contributed by atoms with van der Waals surface area (Å²) in [5.41, 5.74) is 2.39. The third-order valence-electron chi connectivity index (χ3n) is 5.37. The zero-order valence-electron chi connectivity index (χ0n) is 16.7. The highest BCUT2D eigenvalue weighted by Crippen LogP contribution is 2.15. The lowest BCUT2D eigenvalue weighted by molar-refractivity contribution is 0.0954. The van der Waals surface area contributed by atoms with Gasteiger partial charge in [-0.1, -0.05) is 37.3 Å². The van der Waals surface area contributed by atoms with Crippen LogP contribution in [-0.4, -0.2) is 40.0 Å². The van der Waals surface area contributed by atoms with Crippen molar-refractivity contribution in [3.05, 3.63) is 75.8 Å². The predicted octanol–water partition coefficient (Wildman–Crippen LogP) is 2.59. The lowest BCUT2D eigenvalue weighted by Gasteiger charge is -2.19. The lowest BCUT2D eigenvalue weighted by Crippen LogP contribution is -2.29. The van der Waals surface area contributed by atoms with Crippen LogP contribution < -0.4 is 10.9 Å². The molecule has 1 N–H and O–H groups in total. The number of amides is 1. The highest BCUT2D eigenvalue weighted by molar-refractivity contribution is 5.97. The van der Waals surface area contributed by atoms with Gasteiger partial charge in [-0.15, -0.1) is 0 Å². The quantitative estimate of drug-likeness (QED) is 0.727. The average Bonchev–Trinajstić information content (AvgIpc) is 2.95. The Morgan fingerprint density at radius 2 is 1.93 bits per heavy atom. The second-order valence-corrected chi connectivity index (χ2v) is 7.48. The maximum atomic E-state index is 13.0. The molecule has 0 spiro atoms. The first kappa shape index (κ1) is 19.3. The molecule has 0 radical (unpaired) electrons. The fourth-order valence-corrected chi connectivity index (χ4v) is 3.78. The molecule has 3 aromatic rings. The Morgan fingerprint density at radius 3 is 2.72 bits per heavy atom. The molecule has 4 rings (SSSR count). The first-order valence-corrected chi connectivity index (χ1v) is 10.2. The molecular weight excluding hydrogens is 364 g/mol. The molecule has 1 aliphatic rings. The number of nitrogens with zero attached hydrogens (tertiary/aromatic N) is 3. The van der Waals surface area contributed by atoms with Crippen LogP contribution in [0.2, 0.25) is 0 Å². The van der Waals surface area contributed by atoms with Crippen molar-refractivity contribution in [3.8, 4) is 0 Å². The molecular formula is C23H26N4O2. The van der Waals surface area contributed by atoms with E-state index in [0.29, 0.717) is 36.0 Å². The van der Waals surface area contributed by atoms with Crippen molar-refractivity contribution in [1.82, 2.24) is 19.8 Å². The number of aromatic nitrogens is 2. The van der Waals surface area contributed by atoms with E-state index in [-0.39, 0.29) is 11.5 Å². The molecule has 6 nitrogen and oxygen atoms in total. The Hall–Kier alpha value is -2.99. The van der Waals surface area contributed by atoms with Gasteiger partial charge < -0.3 is 5.32 Å². The van der Waals surface area contributed by atoms with E-state index in [9.17, 15) is 9.59 Å². The SMILES string of the molecule is CCCNC(=O)c1ccc2c(=O)n3c(nc2c1)CCN(Cc1ccccc1)CC3. The number of rotatable bonds is 5. The molecule has 1 aromatic heterocycles. The van der Waals surface area contributed by atoms with Crippen molar-refractivity contribution in [3.63, 3.8) is 0 Å². The van der Waals surface area contributed by atoms with E-state index < -0.39 is 0 Å². The van der Waals surface area contributed by atoms with Gasteiger partial charge in [0.15, 0.2) is 0 Å². The minimum atomic E-state index is -0.125. The summed E-state index contributed by atoms with van der Waals surface area (Å²) in [7, 11) is 0. The maximum Gasteiger partial charge on any atom is 0.261 e. The molecule has 2 heterocycles. The van der Waals surface area contributed by atoms with Crippen LogP contribution in [0.25, 0.3) is 10.9 Å². The Labute approximate surface area is 170 Å². The van der Waals surface area contributed by atoms with Gasteiger partial charge in [-0.2, -0.15) is 0 Å². The van der Waals surface area contributed by atoms with Gasteiger partial charge >= 0.3 is 0 Å². The van der Waals surface area contributed by atoms with Gasteiger partial charge in [-0.25, -0.2) is 4.98 Å². The van der Waals surface area contributed by atoms with Gasteiger partial charge in [0.05, 0.1) is 10.9 Å². The van der Waals surface area contributed by atoms with E-state index in [4.69, 9.17) is 4.98 Å². The smallest absolute Gasteiger partial charge is 0.261 e. The molecule has 1 aliphatic heterocycles. The van der Waals surface area contributed by atoms with Crippen LogP contribution in [0.15, 0.2) is 53.3 Å². The van der Waals surface area contributed by atoms with Crippen LogP contribution in [0.3, 0.4) is 0 Å². The largest absolute Gasteiger partial charge is 0.352 e. The first-order valence-electron chi connectivity index (χ1n) is 10.2. The summed E-state index contributed by atoms with van der Waals surface area (Å²) in [4.78, 5) is 32.4. The van der Waals surface area contributed by atoms with Crippen LogP contribution in [0, 0.1) is 0 Å². The Kier molecular flexibility index (Phi) is 5.71. The summed E-state index contributed by atoms with van der Waals surface area (Å²) in [6.07, 6.45) is 1.59. The monoisotopic (exact) mass is 390 g/mol. The minimum Gasteiger partial charge on any atom is -0.352 e. The second kappa shape index (κ2) is 8.57. The number of benzene rings is 2. The van der Waals surface area contributed by atoms with Gasteiger partial charge in [0, 0.05) is 44.7 Å². The lowest BCUT2D eigenvalue weighted by atomic mass is 10.1. The molecule has 150 valence electrons. The number of hydrogen-bond acceptors (Lipinski definition) is 4. The van der Waals surface area contributed by atoms with E-state index in [1.165, 1.54) is 5.56 Å². The van der Waals surface area contributed by atoms with Gasteiger partial charge in [-0.05, 0) is 30.2 Å². The third-order valence-corrected chi connectivity index (χ3v) is 5.37. The van der Waals surface area contributed by atoms with Crippen molar-refractivity contribution in [2.45, 2.75) is 32.9 Å². The second-order valence-electron chi connectivity index (χ2n) is 7.48. The minimum absolute atomic E-state index is 0.0212. The topological polar surface area (TPSA) is 67.2 Å². The number of hydrogen-bond donors (Lipinski definition) is 1. The van der Waals surface area contributed by atoms with E-state index in [1.807, 2.05) is 13.0 Å². The van der Waals surface area contributed by atoms with Crippen molar-refractivity contribution in [2.75, 3.05) is 19.6 Å². The van der Waals surface area contributed by atoms with Gasteiger partial charge in [0.25, 0.3) is 11.5 Å². The summed E-state index contributed by atoms with van der Waals surface area (Å²) in [6.45, 7) is 5.80. The summed E-state index contributed by atoms with van der Waals surface area (Å²) in [5, 5.41) is 3.44. The number of carbonyl (C=O) groups is 1. The number of carbonyl (C=O) groups excluding carboxylic acids is 1. The van der Waals surface area contributed by atoms with E-state index >= 15 is 0 Å². The summed E-state index contributed by atoms with van der Waals surface area (Å²) in [5.74, 6) is 0.670. The van der Waals surface area contributed by atoms with Crippen LogP contribution in [0.1, 0.15) is 35.1 Å². The fraction of sp³-hybridized carbons (Fsp3) is 0.348. The number of nitrogens with one attached hydrogen (secondary N) is 1. The fourth-order valence-electron chi connectivity index (χ4n) is 3.78. The maximum absolute atomic E-state index is 13.0. The zero-order chi connectivity index (χ0) is 20.2. The average molecular weight is 390 g/mol. The molecule has 0 aliphatic carbocycles. The van der Waals surface area contributed by atoms with Crippen molar-refractivity contribution < 1.29 is 4.79 Å². The van der Waals surface area contributed by atoms with E-state index in [2.05, 4.69) is 34.5 Å². The molecule has 6 heteroatoms. The van der Waals surface area contributed by atoms with Crippen molar-refractivity contribution in [1.29, 1.82) is 0 Å². The normalized spacial score (nSPS) is 14.4. The summed E-state index contributed by atoms with van der Waals surface area (Å²) >= 11 is 0. The third kappa shape index (κ3) is 4.22. The standard InChI is InChI=1S/C23H26N4O2/c1-2-11-24-22(28)18-8-9-19-20(15-18)25-21-10-12-26(13-14-27(21)23(19)29)16-17-6-4-3-5-7-17/h3-9,15H,2,10-14,16H2,1H3,(H,24,28). The molecule has 0 unspecified atom stereocenters. The summed E-state index contributed by atoms with van der Waals surface area (Å²) in [6, 6.07) is 15.5. The molecule has 1 amide bonds. The first-order chi connectivity index (χ1) is 14.2. The predicted molar refractivity (Wildman–Crippen MR) is 114 cm³/mol. The number of fused-ring (bicyclic) bond motifs is 2. The Morgan fingerprint density at radius 1 is 1.10 bits per heavy atom. The highest BCUT2D eigenvalue weighted by Gasteiger charge is 2.18. The van der Waals surface area contributed by atoms with Gasteiger partial charge in [0.1, 0.15) is 5.82 Å². The van der Waals surface area contributed by atoms with Gasteiger partial charge in [0.2, 0.25) is 0 Å². The van der Waals surface area contributed by atoms with E-state index in [1.54, 1.807) is 22.8 Å². The van der Waals surface area contributed by atoms with Crippen LogP contribution in [-0.2, 0) is 19.5 Å².